The van der Waals surface area contributed by atoms with Gasteiger partial charge in [-0.3, -0.25) is 9.59 Å². The van der Waals surface area contributed by atoms with Crippen molar-refractivity contribution in [2.75, 3.05) is 13.1 Å². The number of carbonyl (C=O) groups excluding carboxylic acids is 2. The highest BCUT2D eigenvalue weighted by molar-refractivity contribution is 5.82. The molecular weight excluding hydrogens is 288 g/mol. The Morgan fingerprint density at radius 1 is 1.00 bits per heavy atom. The fourth-order valence-corrected chi connectivity index (χ4v) is 4.79. The number of nitrogens with one attached hydrogen (secondary N) is 1. The molecule has 4 nitrogen and oxygen atoms in total. The fourth-order valence-electron chi connectivity index (χ4n) is 4.79. The van der Waals surface area contributed by atoms with Crippen LogP contribution in [0.2, 0.25) is 0 Å². The molecule has 0 aromatic rings. The number of nitrogens with zero attached hydrogens (tertiary/aromatic N) is 1. The van der Waals surface area contributed by atoms with E-state index >= 15 is 0 Å². The first-order valence-electron chi connectivity index (χ1n) is 9.83. The van der Waals surface area contributed by atoms with Gasteiger partial charge in [0.05, 0.1) is 5.92 Å². The van der Waals surface area contributed by atoms with Gasteiger partial charge in [-0.05, 0) is 44.4 Å². The Morgan fingerprint density at radius 3 is 2.65 bits per heavy atom. The maximum atomic E-state index is 12.9. The van der Waals surface area contributed by atoms with Crippen LogP contribution >= 0.6 is 0 Å². The van der Waals surface area contributed by atoms with Crippen molar-refractivity contribution in [2.45, 2.75) is 83.1 Å². The minimum Gasteiger partial charge on any atom is -0.356 e. The Bertz CT molecular complexity index is 418. The topological polar surface area (TPSA) is 49.4 Å². The third-order valence-electron chi connectivity index (χ3n) is 6.15. The minimum atomic E-state index is 0.0310. The molecular formula is C19H32N2O2. The zero-order chi connectivity index (χ0) is 16.1. The van der Waals surface area contributed by atoms with Crippen molar-refractivity contribution in [1.29, 1.82) is 0 Å². The van der Waals surface area contributed by atoms with Gasteiger partial charge in [-0.2, -0.15) is 0 Å². The van der Waals surface area contributed by atoms with Gasteiger partial charge in [0.1, 0.15) is 0 Å². The summed E-state index contributed by atoms with van der Waals surface area (Å²) in [5.41, 5.74) is 0. The van der Waals surface area contributed by atoms with Gasteiger partial charge in [-0.15, -0.1) is 0 Å². The quantitative estimate of drug-likeness (QED) is 0.868. The third-order valence-corrected chi connectivity index (χ3v) is 6.15. The van der Waals surface area contributed by atoms with Crippen LogP contribution in [0.3, 0.4) is 0 Å². The lowest BCUT2D eigenvalue weighted by atomic mass is 9.97. The van der Waals surface area contributed by atoms with Crippen LogP contribution in [0.4, 0.5) is 0 Å². The van der Waals surface area contributed by atoms with E-state index in [-0.39, 0.29) is 17.9 Å². The van der Waals surface area contributed by atoms with Crippen LogP contribution < -0.4 is 5.32 Å². The Hall–Kier alpha value is -1.06. The molecule has 0 spiro atoms. The molecule has 4 heteroatoms. The second-order valence-corrected chi connectivity index (χ2v) is 7.73. The molecule has 2 aliphatic carbocycles. The summed E-state index contributed by atoms with van der Waals surface area (Å²) in [6.45, 7) is 1.66. The Kier molecular flexibility index (Phi) is 5.96. The lowest BCUT2D eigenvalue weighted by molar-refractivity contribution is -0.137. The Labute approximate surface area is 140 Å². The number of hydrogen-bond donors (Lipinski definition) is 1. The lowest BCUT2D eigenvalue weighted by Gasteiger charge is -2.34. The summed E-state index contributed by atoms with van der Waals surface area (Å²) in [6.07, 6.45) is 13.3. The minimum absolute atomic E-state index is 0.0310. The van der Waals surface area contributed by atoms with E-state index in [0.29, 0.717) is 12.3 Å². The SMILES string of the molecule is O=C1NCCCCCN(C(=O)CCC2CCCC2)C2CCCC12. The molecule has 0 bridgehead atoms. The van der Waals surface area contributed by atoms with Crippen LogP contribution in [-0.4, -0.2) is 35.8 Å². The molecule has 2 amide bonds. The van der Waals surface area contributed by atoms with Gasteiger partial charge < -0.3 is 10.2 Å². The maximum Gasteiger partial charge on any atom is 0.225 e. The van der Waals surface area contributed by atoms with Crippen LogP contribution in [0.1, 0.15) is 77.0 Å². The van der Waals surface area contributed by atoms with E-state index in [2.05, 4.69) is 10.2 Å². The van der Waals surface area contributed by atoms with Gasteiger partial charge in [0.15, 0.2) is 0 Å². The fraction of sp³-hybridized carbons (Fsp3) is 0.895. The molecule has 23 heavy (non-hydrogen) atoms. The largest absolute Gasteiger partial charge is 0.356 e. The summed E-state index contributed by atoms with van der Waals surface area (Å²) in [6, 6.07) is 0.157. The van der Waals surface area contributed by atoms with E-state index in [4.69, 9.17) is 0 Å². The number of rotatable bonds is 3. The van der Waals surface area contributed by atoms with Gasteiger partial charge in [-0.1, -0.05) is 32.1 Å². The summed E-state index contributed by atoms with van der Waals surface area (Å²) in [5, 5.41) is 3.08. The molecule has 3 aliphatic rings. The van der Waals surface area contributed by atoms with Crippen LogP contribution in [0, 0.1) is 11.8 Å². The van der Waals surface area contributed by atoms with Crippen molar-refractivity contribution >= 4 is 11.8 Å². The molecule has 130 valence electrons. The van der Waals surface area contributed by atoms with Gasteiger partial charge >= 0.3 is 0 Å². The van der Waals surface area contributed by atoms with E-state index in [1.54, 1.807) is 0 Å². The van der Waals surface area contributed by atoms with Crippen molar-refractivity contribution in [1.82, 2.24) is 10.2 Å². The van der Waals surface area contributed by atoms with Gasteiger partial charge in [0.2, 0.25) is 11.8 Å². The van der Waals surface area contributed by atoms with Gasteiger partial charge in [0.25, 0.3) is 0 Å². The highest BCUT2D eigenvalue weighted by Crippen LogP contribution is 2.33. The smallest absolute Gasteiger partial charge is 0.225 e. The third kappa shape index (κ3) is 4.27. The maximum absolute atomic E-state index is 12.9. The lowest BCUT2D eigenvalue weighted by Crippen LogP contribution is -2.48. The van der Waals surface area contributed by atoms with Crippen LogP contribution in [-0.2, 0) is 9.59 Å². The second-order valence-electron chi connectivity index (χ2n) is 7.73. The number of hydrogen-bond acceptors (Lipinski definition) is 2. The number of amides is 2. The zero-order valence-corrected chi connectivity index (χ0v) is 14.4. The Balaban J connectivity index is 1.62. The van der Waals surface area contributed by atoms with Crippen molar-refractivity contribution in [2.24, 2.45) is 11.8 Å². The van der Waals surface area contributed by atoms with Crippen molar-refractivity contribution in [3.8, 4) is 0 Å². The molecule has 2 unspecified atom stereocenters. The van der Waals surface area contributed by atoms with Crippen molar-refractivity contribution in [3.63, 3.8) is 0 Å². The highest BCUT2D eigenvalue weighted by Gasteiger charge is 2.38. The Morgan fingerprint density at radius 2 is 1.83 bits per heavy atom. The highest BCUT2D eigenvalue weighted by atomic mass is 16.2. The summed E-state index contributed by atoms with van der Waals surface area (Å²) in [4.78, 5) is 27.4. The first kappa shape index (κ1) is 16.8. The summed E-state index contributed by atoms with van der Waals surface area (Å²) < 4.78 is 0. The average molecular weight is 320 g/mol. The molecule has 1 saturated heterocycles. The van der Waals surface area contributed by atoms with Gasteiger partial charge in [-0.25, -0.2) is 0 Å². The molecule has 0 aromatic heterocycles. The molecule has 1 aliphatic heterocycles. The number of carbonyl (C=O) groups is 2. The van der Waals surface area contributed by atoms with Crippen LogP contribution in [0.5, 0.6) is 0 Å². The molecule has 1 N–H and O–H groups in total. The summed E-state index contributed by atoms with van der Waals surface area (Å²) >= 11 is 0. The van der Waals surface area contributed by atoms with E-state index in [9.17, 15) is 9.59 Å². The second kappa shape index (κ2) is 8.16. The van der Waals surface area contributed by atoms with E-state index < -0.39 is 0 Å². The summed E-state index contributed by atoms with van der Waals surface area (Å²) in [5.74, 6) is 1.29. The van der Waals surface area contributed by atoms with E-state index in [0.717, 1.165) is 64.0 Å². The average Bonchev–Trinajstić information content (AvgIpc) is 3.23. The van der Waals surface area contributed by atoms with E-state index in [1.807, 2.05) is 0 Å². The first-order chi connectivity index (χ1) is 11.3. The van der Waals surface area contributed by atoms with Crippen molar-refractivity contribution in [3.05, 3.63) is 0 Å². The molecule has 3 rings (SSSR count). The predicted octanol–water partition coefficient (Wildman–Crippen LogP) is 3.25. The predicted molar refractivity (Wildman–Crippen MR) is 90.9 cm³/mol. The van der Waals surface area contributed by atoms with Gasteiger partial charge in [0, 0.05) is 25.6 Å². The molecule has 2 atom stereocenters. The molecule has 0 radical (unpaired) electrons. The standard InChI is InChI=1S/C19H32N2O2/c22-18(12-11-15-7-2-3-8-15)21-14-5-1-4-13-20-19(23)16-9-6-10-17(16)21/h15-17H,1-14H2,(H,20,23). The first-order valence-corrected chi connectivity index (χ1v) is 9.83. The van der Waals surface area contributed by atoms with Crippen LogP contribution in [0.25, 0.3) is 0 Å². The molecule has 1 heterocycles. The van der Waals surface area contributed by atoms with Crippen LogP contribution in [0.15, 0.2) is 0 Å². The normalized spacial score (nSPS) is 30.1. The molecule has 2 saturated carbocycles. The molecule has 0 aromatic carbocycles. The monoisotopic (exact) mass is 320 g/mol. The van der Waals surface area contributed by atoms with Crippen molar-refractivity contribution < 1.29 is 9.59 Å². The number of fused-ring (bicyclic) bond motifs is 1. The summed E-state index contributed by atoms with van der Waals surface area (Å²) in [7, 11) is 0. The molecule has 3 fully saturated rings. The zero-order valence-electron chi connectivity index (χ0n) is 14.4. The van der Waals surface area contributed by atoms with E-state index in [1.165, 1.54) is 25.7 Å².